The molecule has 0 aromatic heterocycles. The summed E-state index contributed by atoms with van der Waals surface area (Å²) in [5.41, 5.74) is 4.45. The van der Waals surface area contributed by atoms with Crippen LogP contribution >= 0.6 is 15.9 Å². The van der Waals surface area contributed by atoms with E-state index in [9.17, 15) is 13.2 Å². The molecule has 0 bridgehead atoms. The zero-order valence-electron chi connectivity index (χ0n) is 15.5. The molecular weight excluding hydrogens is 442 g/mol. The predicted molar refractivity (Wildman–Crippen MR) is 113 cm³/mol. The minimum Gasteiger partial charge on any atom is -0.273 e. The van der Waals surface area contributed by atoms with Crippen LogP contribution in [0, 0.1) is 12.8 Å². The molecule has 6 nitrogen and oxygen atoms in total. The number of rotatable bonds is 5. The Labute approximate surface area is 173 Å². The van der Waals surface area contributed by atoms with E-state index in [4.69, 9.17) is 0 Å². The van der Waals surface area contributed by atoms with Crippen molar-refractivity contribution in [1.29, 1.82) is 0 Å². The molecule has 1 N–H and O–H groups in total. The lowest BCUT2D eigenvalue weighted by molar-refractivity contribution is -0.126. The second kappa shape index (κ2) is 8.98. The van der Waals surface area contributed by atoms with E-state index in [0.29, 0.717) is 30.8 Å². The number of sulfonamides is 1. The van der Waals surface area contributed by atoms with Gasteiger partial charge < -0.3 is 0 Å². The van der Waals surface area contributed by atoms with Crippen molar-refractivity contribution >= 4 is 38.1 Å². The van der Waals surface area contributed by atoms with E-state index in [2.05, 4.69) is 26.5 Å². The van der Waals surface area contributed by atoms with Crippen molar-refractivity contribution < 1.29 is 13.2 Å². The highest BCUT2D eigenvalue weighted by Gasteiger charge is 2.31. The number of hydrogen-bond acceptors (Lipinski definition) is 4. The van der Waals surface area contributed by atoms with E-state index < -0.39 is 10.0 Å². The zero-order valence-corrected chi connectivity index (χ0v) is 17.9. The van der Waals surface area contributed by atoms with Gasteiger partial charge in [-0.1, -0.05) is 45.8 Å². The Kier molecular flexibility index (Phi) is 6.64. The summed E-state index contributed by atoms with van der Waals surface area (Å²) in [6.45, 7) is 2.56. The van der Waals surface area contributed by atoms with Crippen LogP contribution in [0.3, 0.4) is 0 Å². The standard InChI is InChI=1S/C20H22BrN3O3S/c1-15-2-8-19(9-3-15)28(26,27)24-12-10-17(11-13-24)20(25)23-22-14-16-4-6-18(21)7-5-16/h2-9,14,17H,10-13H2,1H3,(H,23,25)/b22-14-. The summed E-state index contributed by atoms with van der Waals surface area (Å²) < 4.78 is 27.9. The molecule has 2 aromatic carbocycles. The topological polar surface area (TPSA) is 78.8 Å². The number of piperidine rings is 1. The second-order valence-electron chi connectivity index (χ2n) is 6.78. The molecule has 0 unspecified atom stereocenters. The van der Waals surface area contributed by atoms with Crippen LogP contribution in [0.2, 0.25) is 0 Å². The van der Waals surface area contributed by atoms with Crippen molar-refractivity contribution in [1.82, 2.24) is 9.73 Å². The fraction of sp³-hybridized carbons (Fsp3) is 0.300. The van der Waals surface area contributed by atoms with Crippen LogP contribution in [0.15, 0.2) is 63.0 Å². The van der Waals surface area contributed by atoms with Gasteiger partial charge in [-0.15, -0.1) is 0 Å². The number of amides is 1. The number of nitrogens with one attached hydrogen (secondary N) is 1. The summed E-state index contributed by atoms with van der Waals surface area (Å²) in [5, 5.41) is 4.00. The average Bonchev–Trinajstić information content (AvgIpc) is 2.70. The first-order chi connectivity index (χ1) is 13.4. The van der Waals surface area contributed by atoms with Crippen LogP contribution in [0.1, 0.15) is 24.0 Å². The van der Waals surface area contributed by atoms with Crippen molar-refractivity contribution in [2.75, 3.05) is 13.1 Å². The molecule has 0 radical (unpaired) electrons. The molecule has 1 amide bonds. The Hall–Kier alpha value is -2.03. The Bertz CT molecular complexity index is 949. The number of nitrogens with zero attached hydrogens (tertiary/aromatic N) is 2. The molecule has 28 heavy (non-hydrogen) atoms. The Balaban J connectivity index is 1.53. The number of aryl methyl sites for hydroxylation is 1. The van der Waals surface area contributed by atoms with E-state index in [-0.39, 0.29) is 11.8 Å². The molecule has 1 fully saturated rings. The van der Waals surface area contributed by atoms with Crippen LogP contribution in [0.4, 0.5) is 0 Å². The summed E-state index contributed by atoms with van der Waals surface area (Å²) in [4.78, 5) is 12.6. The van der Waals surface area contributed by atoms with Crippen LogP contribution in [-0.4, -0.2) is 37.9 Å². The summed E-state index contributed by atoms with van der Waals surface area (Å²) in [6, 6.07) is 14.4. The Morgan fingerprint density at radius 3 is 2.32 bits per heavy atom. The lowest BCUT2D eigenvalue weighted by atomic mass is 9.98. The van der Waals surface area contributed by atoms with Gasteiger partial charge in [0.05, 0.1) is 11.1 Å². The minimum absolute atomic E-state index is 0.180. The van der Waals surface area contributed by atoms with E-state index in [1.54, 1.807) is 30.5 Å². The third-order valence-corrected chi connectivity index (χ3v) is 7.18. The summed E-state index contributed by atoms with van der Waals surface area (Å²) in [5.74, 6) is -0.424. The number of hydrogen-bond donors (Lipinski definition) is 1. The highest BCUT2D eigenvalue weighted by molar-refractivity contribution is 9.10. The van der Waals surface area contributed by atoms with Crippen molar-refractivity contribution in [2.24, 2.45) is 11.0 Å². The molecule has 8 heteroatoms. The molecule has 1 aliphatic rings. The normalized spacial score (nSPS) is 16.4. The highest BCUT2D eigenvalue weighted by Crippen LogP contribution is 2.24. The second-order valence-corrected chi connectivity index (χ2v) is 9.63. The molecule has 0 atom stereocenters. The van der Waals surface area contributed by atoms with Crippen LogP contribution in [-0.2, 0) is 14.8 Å². The molecule has 0 spiro atoms. The quantitative estimate of drug-likeness (QED) is 0.545. The van der Waals surface area contributed by atoms with E-state index in [0.717, 1.165) is 15.6 Å². The zero-order chi connectivity index (χ0) is 20.1. The van der Waals surface area contributed by atoms with Crippen molar-refractivity contribution in [3.05, 3.63) is 64.1 Å². The minimum atomic E-state index is -3.52. The largest absolute Gasteiger partial charge is 0.273 e. The Morgan fingerprint density at radius 1 is 1.11 bits per heavy atom. The van der Waals surface area contributed by atoms with Gasteiger partial charge in [-0.3, -0.25) is 4.79 Å². The maximum absolute atomic E-state index is 12.7. The first kappa shape index (κ1) is 20.7. The lowest BCUT2D eigenvalue weighted by Crippen LogP contribution is -2.42. The fourth-order valence-corrected chi connectivity index (χ4v) is 4.76. The van der Waals surface area contributed by atoms with Crippen molar-refractivity contribution in [3.8, 4) is 0 Å². The molecule has 1 heterocycles. The van der Waals surface area contributed by atoms with Gasteiger partial charge in [0.1, 0.15) is 0 Å². The Morgan fingerprint density at radius 2 is 1.71 bits per heavy atom. The number of benzene rings is 2. The third-order valence-electron chi connectivity index (χ3n) is 4.74. The molecule has 1 saturated heterocycles. The molecular formula is C20H22BrN3O3S. The highest BCUT2D eigenvalue weighted by atomic mass is 79.9. The predicted octanol–water partition coefficient (Wildman–Crippen LogP) is 3.31. The molecule has 1 aliphatic heterocycles. The molecule has 148 valence electrons. The van der Waals surface area contributed by atoms with Crippen LogP contribution in [0.5, 0.6) is 0 Å². The van der Waals surface area contributed by atoms with Gasteiger partial charge in [0.15, 0.2) is 0 Å². The number of carbonyl (C=O) groups excluding carboxylic acids is 1. The summed E-state index contributed by atoms with van der Waals surface area (Å²) in [7, 11) is -3.52. The van der Waals surface area contributed by atoms with Crippen LogP contribution in [0.25, 0.3) is 0 Å². The van der Waals surface area contributed by atoms with Gasteiger partial charge in [-0.05, 0) is 49.6 Å². The number of hydrazone groups is 1. The average molecular weight is 464 g/mol. The fourth-order valence-electron chi connectivity index (χ4n) is 3.03. The first-order valence-electron chi connectivity index (χ1n) is 9.01. The number of halogens is 1. The van der Waals surface area contributed by atoms with E-state index in [1.165, 1.54) is 4.31 Å². The summed E-state index contributed by atoms with van der Waals surface area (Å²) >= 11 is 3.36. The van der Waals surface area contributed by atoms with Crippen LogP contribution < -0.4 is 5.43 Å². The van der Waals surface area contributed by atoms with Gasteiger partial charge >= 0.3 is 0 Å². The molecule has 0 saturated carbocycles. The molecule has 2 aromatic rings. The maximum atomic E-state index is 12.7. The monoisotopic (exact) mass is 463 g/mol. The third kappa shape index (κ3) is 5.06. The van der Waals surface area contributed by atoms with E-state index >= 15 is 0 Å². The van der Waals surface area contributed by atoms with Crippen molar-refractivity contribution in [3.63, 3.8) is 0 Å². The summed E-state index contributed by atoms with van der Waals surface area (Å²) in [6.07, 6.45) is 2.54. The van der Waals surface area contributed by atoms with Gasteiger partial charge in [-0.2, -0.15) is 9.41 Å². The van der Waals surface area contributed by atoms with Gasteiger partial charge in [0.25, 0.3) is 0 Å². The van der Waals surface area contributed by atoms with E-state index in [1.807, 2.05) is 31.2 Å². The van der Waals surface area contributed by atoms with Gasteiger partial charge in [-0.25, -0.2) is 13.8 Å². The van der Waals surface area contributed by atoms with Gasteiger partial charge in [0, 0.05) is 23.5 Å². The maximum Gasteiger partial charge on any atom is 0.243 e. The first-order valence-corrected chi connectivity index (χ1v) is 11.2. The molecule has 3 rings (SSSR count). The lowest BCUT2D eigenvalue weighted by Gasteiger charge is -2.30. The molecule has 0 aliphatic carbocycles. The smallest absolute Gasteiger partial charge is 0.243 e. The van der Waals surface area contributed by atoms with Crippen molar-refractivity contribution in [2.45, 2.75) is 24.7 Å². The number of carbonyl (C=O) groups is 1. The van der Waals surface area contributed by atoms with Gasteiger partial charge in [0.2, 0.25) is 15.9 Å². The SMILES string of the molecule is Cc1ccc(S(=O)(=O)N2CCC(C(=O)N/N=C\c3ccc(Br)cc3)CC2)cc1.